The Kier molecular flexibility index (Phi) is 14.1. The fourth-order valence-corrected chi connectivity index (χ4v) is 5.09. The van der Waals surface area contributed by atoms with Gasteiger partial charge in [-0.05, 0) is 62.4 Å². The van der Waals surface area contributed by atoms with Crippen LogP contribution in [0, 0.1) is 25.4 Å². The number of anilines is 2. The molecule has 2 amide bonds. The molecular formula is C32H32N4O10S2. The summed E-state index contributed by atoms with van der Waals surface area (Å²) in [5.74, 6) is -1.05. The van der Waals surface area contributed by atoms with E-state index in [-0.39, 0.29) is 21.0 Å². The molecule has 0 aliphatic rings. The van der Waals surface area contributed by atoms with Gasteiger partial charge in [0.2, 0.25) is 0 Å². The molecular weight excluding hydrogens is 665 g/mol. The molecule has 4 rings (SSSR count). The number of carbonyl (C=O) groups is 3. The maximum Gasteiger partial charge on any atom is 0.348 e. The van der Waals surface area contributed by atoms with Crippen molar-refractivity contribution >= 4 is 49.5 Å². The molecule has 0 heterocycles. The second kappa shape index (κ2) is 17.7. The van der Waals surface area contributed by atoms with Crippen LogP contribution in [0.15, 0.2) is 107 Å². The summed E-state index contributed by atoms with van der Waals surface area (Å²) in [5, 5.41) is 10.4. The number of urea groups is 1. The minimum Gasteiger partial charge on any atom is -0.465 e. The van der Waals surface area contributed by atoms with E-state index in [2.05, 4.69) is 19.0 Å². The average Bonchev–Trinajstić information content (AvgIpc) is 3.05. The third-order valence-corrected chi connectivity index (χ3v) is 8.45. The number of amides is 2. The maximum atomic E-state index is 12.2. The first-order chi connectivity index (χ1) is 22.6. The van der Waals surface area contributed by atoms with Gasteiger partial charge in [0.15, 0.2) is 0 Å². The molecule has 14 nitrogen and oxygen atoms in total. The molecule has 0 saturated carbocycles. The number of sulfonamides is 1. The lowest BCUT2D eigenvalue weighted by molar-refractivity contribution is 0.0593. The van der Waals surface area contributed by atoms with Crippen LogP contribution in [-0.4, -0.2) is 49.0 Å². The van der Waals surface area contributed by atoms with Crippen LogP contribution in [0.1, 0.15) is 31.8 Å². The standard InChI is InChI=1S/C16H16N2O5S.C8H7NO3S.C8H9NO2/c1-11-7-9-12(10-8-11)24(21,22)18-16(20)17-14-6-4-3-5-13(14)15(19)23-2;1-7-2-4-8(5-3-7)13(10,11)12-6-9;1-11-8(10)6-4-2-3-5-7(6)9/h3-10H,1-2H3,(H2,17,18,20);2-5H,1H3;2-5H,9H2,1H3. The van der Waals surface area contributed by atoms with Crippen LogP contribution in [-0.2, 0) is 33.8 Å². The molecule has 0 saturated heterocycles. The zero-order chi connectivity index (χ0) is 35.9. The molecule has 4 aromatic rings. The van der Waals surface area contributed by atoms with E-state index in [4.69, 9.17) is 11.0 Å². The Bertz CT molecular complexity index is 1990. The third kappa shape index (κ3) is 11.5. The third-order valence-electron chi connectivity index (χ3n) is 5.96. The molecule has 252 valence electrons. The van der Waals surface area contributed by atoms with E-state index >= 15 is 0 Å². The highest BCUT2D eigenvalue weighted by Crippen LogP contribution is 2.17. The summed E-state index contributed by atoms with van der Waals surface area (Å²) in [6.07, 6.45) is 1.13. The highest BCUT2D eigenvalue weighted by atomic mass is 32.2. The Balaban J connectivity index is 0.000000279. The van der Waals surface area contributed by atoms with Gasteiger partial charge in [0, 0.05) is 5.69 Å². The molecule has 0 aliphatic heterocycles. The molecule has 4 aromatic carbocycles. The molecule has 4 N–H and O–H groups in total. The Morgan fingerprint density at radius 1 is 0.688 bits per heavy atom. The molecule has 0 aromatic heterocycles. The molecule has 0 aliphatic carbocycles. The molecule has 0 radical (unpaired) electrons. The number of nitrogens with one attached hydrogen (secondary N) is 2. The first kappa shape index (κ1) is 38.3. The van der Waals surface area contributed by atoms with Crippen molar-refractivity contribution in [2.75, 3.05) is 25.3 Å². The number of aryl methyl sites for hydroxylation is 2. The van der Waals surface area contributed by atoms with Crippen LogP contribution in [0.2, 0.25) is 0 Å². The minimum atomic E-state index is -4.01. The average molecular weight is 697 g/mol. The highest BCUT2D eigenvalue weighted by molar-refractivity contribution is 7.90. The SMILES string of the molecule is COC(=O)c1ccccc1N.COC(=O)c1ccccc1NC(=O)NS(=O)(=O)c1ccc(C)cc1.Cc1ccc(S(=O)(=O)OC#N)cc1. The van der Waals surface area contributed by atoms with Crippen molar-refractivity contribution in [3.8, 4) is 6.26 Å². The summed E-state index contributed by atoms with van der Waals surface area (Å²) in [5.41, 5.74) is 8.44. The van der Waals surface area contributed by atoms with E-state index in [1.807, 2.05) is 18.6 Å². The van der Waals surface area contributed by atoms with Crippen LogP contribution in [0.5, 0.6) is 0 Å². The number of hydrogen-bond donors (Lipinski definition) is 3. The second-order valence-corrected chi connectivity index (χ2v) is 12.7. The van der Waals surface area contributed by atoms with Crippen LogP contribution in [0.25, 0.3) is 0 Å². The van der Waals surface area contributed by atoms with Crippen LogP contribution < -0.4 is 15.8 Å². The smallest absolute Gasteiger partial charge is 0.348 e. The highest BCUT2D eigenvalue weighted by Gasteiger charge is 2.19. The quantitative estimate of drug-likeness (QED) is 0.105. The van der Waals surface area contributed by atoms with Gasteiger partial charge in [-0.2, -0.15) is 8.42 Å². The van der Waals surface area contributed by atoms with Gasteiger partial charge in [-0.25, -0.2) is 27.5 Å². The Hall–Kier alpha value is -5.92. The summed E-state index contributed by atoms with van der Waals surface area (Å²) in [4.78, 5) is 34.5. The number of esters is 2. The minimum absolute atomic E-state index is 0.0142. The van der Waals surface area contributed by atoms with Gasteiger partial charge in [0.05, 0.1) is 35.9 Å². The number of nitriles is 1. The molecule has 0 bridgehead atoms. The van der Waals surface area contributed by atoms with E-state index < -0.39 is 38.1 Å². The fraction of sp³-hybridized carbons (Fsp3) is 0.125. The fourth-order valence-electron chi connectivity index (χ4n) is 3.52. The predicted molar refractivity (Wildman–Crippen MR) is 176 cm³/mol. The van der Waals surface area contributed by atoms with Crippen molar-refractivity contribution < 1.29 is 44.9 Å². The number of benzene rings is 4. The van der Waals surface area contributed by atoms with Crippen molar-refractivity contribution in [1.29, 1.82) is 5.26 Å². The molecule has 0 atom stereocenters. The van der Waals surface area contributed by atoms with E-state index in [1.165, 1.54) is 50.6 Å². The van der Waals surface area contributed by atoms with Gasteiger partial charge in [0.25, 0.3) is 10.0 Å². The normalized spacial score (nSPS) is 10.3. The number of rotatable bonds is 7. The number of hydrogen-bond acceptors (Lipinski definition) is 12. The van der Waals surface area contributed by atoms with Crippen molar-refractivity contribution in [3.05, 3.63) is 119 Å². The summed E-state index contributed by atoms with van der Waals surface area (Å²) in [6.45, 7) is 3.65. The number of para-hydroxylation sites is 2. The summed E-state index contributed by atoms with van der Waals surface area (Å²) in [7, 11) is -5.36. The Labute approximate surface area is 278 Å². The van der Waals surface area contributed by atoms with Gasteiger partial charge >= 0.3 is 34.3 Å². The first-order valence-corrected chi connectivity index (χ1v) is 16.4. The zero-order valence-electron chi connectivity index (χ0n) is 26.2. The van der Waals surface area contributed by atoms with Crippen molar-refractivity contribution in [1.82, 2.24) is 4.72 Å². The molecule has 0 spiro atoms. The lowest BCUT2D eigenvalue weighted by Crippen LogP contribution is -2.34. The summed E-state index contributed by atoms with van der Waals surface area (Å²) >= 11 is 0. The van der Waals surface area contributed by atoms with Crippen molar-refractivity contribution in [3.63, 3.8) is 0 Å². The lowest BCUT2D eigenvalue weighted by Gasteiger charge is -2.11. The number of ether oxygens (including phenoxy) is 2. The van der Waals surface area contributed by atoms with E-state index in [0.29, 0.717) is 11.3 Å². The van der Waals surface area contributed by atoms with Crippen LogP contribution in [0.3, 0.4) is 0 Å². The number of carbonyl (C=O) groups excluding carboxylic acids is 3. The monoisotopic (exact) mass is 696 g/mol. The van der Waals surface area contributed by atoms with Gasteiger partial charge in [-0.3, -0.25) is 4.18 Å². The van der Waals surface area contributed by atoms with Gasteiger partial charge in [-0.15, -0.1) is 5.26 Å². The van der Waals surface area contributed by atoms with Gasteiger partial charge < -0.3 is 20.5 Å². The molecule has 48 heavy (non-hydrogen) atoms. The molecule has 16 heteroatoms. The van der Waals surface area contributed by atoms with E-state index in [9.17, 15) is 31.2 Å². The number of nitrogens with zero attached hydrogens (tertiary/aromatic N) is 1. The number of methoxy groups -OCH3 is 2. The van der Waals surface area contributed by atoms with Crippen LogP contribution in [0.4, 0.5) is 16.2 Å². The Morgan fingerprint density at radius 3 is 1.65 bits per heavy atom. The van der Waals surface area contributed by atoms with Crippen molar-refractivity contribution in [2.24, 2.45) is 0 Å². The van der Waals surface area contributed by atoms with Gasteiger partial charge in [-0.1, -0.05) is 59.7 Å². The Morgan fingerprint density at radius 2 is 1.15 bits per heavy atom. The largest absolute Gasteiger partial charge is 0.465 e. The van der Waals surface area contributed by atoms with E-state index in [0.717, 1.165) is 17.4 Å². The first-order valence-electron chi connectivity index (χ1n) is 13.5. The summed E-state index contributed by atoms with van der Waals surface area (Å²) in [6, 6.07) is 24.0. The molecule has 0 unspecified atom stereocenters. The maximum absolute atomic E-state index is 12.2. The van der Waals surface area contributed by atoms with Crippen LogP contribution >= 0.6 is 0 Å². The topological polar surface area (TPSA) is 221 Å². The zero-order valence-corrected chi connectivity index (χ0v) is 27.8. The van der Waals surface area contributed by atoms with Crippen molar-refractivity contribution in [2.45, 2.75) is 23.6 Å². The predicted octanol–water partition coefficient (Wildman–Crippen LogP) is 4.53. The number of nitrogens with two attached hydrogens (primary N) is 1. The lowest BCUT2D eigenvalue weighted by atomic mass is 10.2. The van der Waals surface area contributed by atoms with Gasteiger partial charge in [0.1, 0.15) is 4.90 Å². The van der Waals surface area contributed by atoms with E-state index in [1.54, 1.807) is 60.7 Å². The second-order valence-electron chi connectivity index (χ2n) is 9.43. The summed E-state index contributed by atoms with van der Waals surface area (Å²) < 4.78 is 61.4. The molecule has 0 fully saturated rings. The number of nitrogen functional groups attached to an aromatic ring is 1.